The van der Waals surface area contributed by atoms with Gasteiger partial charge in [0.05, 0.1) is 11.0 Å². The SMILES string of the molecule is C[C@H](O)CNC(=O)c1ccc(CN(CCCc2ccc(Cl)cc2)S(=O)(=O)c2ccccc2)cc1. The molecule has 180 valence electrons. The molecule has 3 aromatic rings. The van der Waals surface area contributed by atoms with Crippen molar-refractivity contribution >= 4 is 27.5 Å². The molecule has 0 aromatic heterocycles. The molecule has 0 radical (unpaired) electrons. The zero-order valence-electron chi connectivity index (χ0n) is 19.0. The maximum Gasteiger partial charge on any atom is 0.251 e. The fraction of sp³-hybridized carbons (Fsp3) is 0.269. The van der Waals surface area contributed by atoms with Crippen LogP contribution in [-0.4, -0.2) is 42.9 Å². The van der Waals surface area contributed by atoms with Crippen LogP contribution < -0.4 is 5.32 Å². The highest BCUT2D eigenvalue weighted by atomic mass is 35.5. The average molecular weight is 501 g/mol. The van der Waals surface area contributed by atoms with Gasteiger partial charge in [-0.25, -0.2) is 8.42 Å². The Bertz CT molecular complexity index is 1170. The van der Waals surface area contributed by atoms with Crippen LogP contribution in [0.25, 0.3) is 0 Å². The number of hydrogen-bond donors (Lipinski definition) is 2. The molecule has 3 rings (SSSR count). The number of carbonyl (C=O) groups is 1. The van der Waals surface area contributed by atoms with Crippen molar-refractivity contribution in [2.75, 3.05) is 13.1 Å². The number of amides is 1. The number of rotatable bonds is 11. The van der Waals surface area contributed by atoms with Gasteiger partial charge in [0, 0.05) is 30.2 Å². The van der Waals surface area contributed by atoms with Crippen LogP contribution >= 0.6 is 11.6 Å². The number of hydrogen-bond acceptors (Lipinski definition) is 4. The molecule has 0 saturated heterocycles. The van der Waals surface area contributed by atoms with Gasteiger partial charge < -0.3 is 10.4 Å². The van der Waals surface area contributed by atoms with E-state index >= 15 is 0 Å². The summed E-state index contributed by atoms with van der Waals surface area (Å²) in [5.41, 5.74) is 2.32. The molecule has 3 aromatic carbocycles. The normalized spacial score (nSPS) is 12.5. The summed E-state index contributed by atoms with van der Waals surface area (Å²) in [6.07, 6.45) is 0.737. The van der Waals surface area contributed by atoms with Gasteiger partial charge in [-0.3, -0.25) is 4.79 Å². The van der Waals surface area contributed by atoms with Crippen LogP contribution in [0.15, 0.2) is 83.8 Å². The van der Waals surface area contributed by atoms with Crippen LogP contribution in [0.2, 0.25) is 5.02 Å². The van der Waals surface area contributed by atoms with Crippen molar-refractivity contribution in [2.45, 2.75) is 37.3 Å². The van der Waals surface area contributed by atoms with E-state index in [2.05, 4.69) is 5.32 Å². The smallest absolute Gasteiger partial charge is 0.251 e. The Kier molecular flexibility index (Phi) is 9.24. The fourth-order valence-corrected chi connectivity index (χ4v) is 5.06. The number of aryl methyl sites for hydroxylation is 1. The topological polar surface area (TPSA) is 86.7 Å². The summed E-state index contributed by atoms with van der Waals surface area (Å²) in [5, 5.41) is 12.6. The quantitative estimate of drug-likeness (QED) is 0.411. The summed E-state index contributed by atoms with van der Waals surface area (Å²) < 4.78 is 28.2. The molecular formula is C26H29ClN2O4S. The number of carbonyl (C=O) groups excluding carboxylic acids is 1. The van der Waals surface area contributed by atoms with E-state index in [0.717, 1.165) is 17.5 Å². The van der Waals surface area contributed by atoms with Crippen LogP contribution in [-0.2, 0) is 23.0 Å². The van der Waals surface area contributed by atoms with Gasteiger partial charge in [-0.05, 0) is 67.3 Å². The minimum Gasteiger partial charge on any atom is -0.392 e. The Morgan fingerprint density at radius 3 is 2.21 bits per heavy atom. The van der Waals surface area contributed by atoms with Crippen LogP contribution in [0.4, 0.5) is 0 Å². The number of benzene rings is 3. The lowest BCUT2D eigenvalue weighted by molar-refractivity contribution is 0.0924. The lowest BCUT2D eigenvalue weighted by Crippen LogP contribution is -2.32. The van der Waals surface area contributed by atoms with Gasteiger partial charge in [0.25, 0.3) is 5.91 Å². The van der Waals surface area contributed by atoms with Crippen LogP contribution in [0.5, 0.6) is 0 Å². The summed E-state index contributed by atoms with van der Waals surface area (Å²) >= 11 is 5.95. The average Bonchev–Trinajstić information content (AvgIpc) is 2.84. The molecule has 0 aliphatic carbocycles. The first-order valence-electron chi connectivity index (χ1n) is 11.1. The van der Waals surface area contributed by atoms with E-state index in [4.69, 9.17) is 11.6 Å². The van der Waals surface area contributed by atoms with E-state index < -0.39 is 16.1 Å². The van der Waals surface area contributed by atoms with Crippen molar-refractivity contribution in [3.63, 3.8) is 0 Å². The van der Waals surface area contributed by atoms with Gasteiger partial charge in [0.1, 0.15) is 0 Å². The molecule has 6 nitrogen and oxygen atoms in total. The second-order valence-electron chi connectivity index (χ2n) is 8.14. The van der Waals surface area contributed by atoms with Crippen LogP contribution in [0, 0.1) is 0 Å². The van der Waals surface area contributed by atoms with Gasteiger partial charge in [-0.2, -0.15) is 4.31 Å². The lowest BCUT2D eigenvalue weighted by Gasteiger charge is -2.22. The molecule has 34 heavy (non-hydrogen) atoms. The highest BCUT2D eigenvalue weighted by molar-refractivity contribution is 7.89. The first kappa shape index (κ1) is 25.9. The zero-order chi connectivity index (χ0) is 24.6. The van der Waals surface area contributed by atoms with Gasteiger partial charge >= 0.3 is 0 Å². The second-order valence-corrected chi connectivity index (χ2v) is 10.5. The molecule has 0 bridgehead atoms. The maximum atomic E-state index is 13.4. The molecule has 0 aliphatic heterocycles. The highest BCUT2D eigenvalue weighted by Crippen LogP contribution is 2.20. The minimum absolute atomic E-state index is 0.164. The fourth-order valence-electron chi connectivity index (χ4n) is 3.44. The number of halogens is 1. The summed E-state index contributed by atoms with van der Waals surface area (Å²) in [4.78, 5) is 12.4. The van der Waals surface area contributed by atoms with Crippen molar-refractivity contribution in [1.29, 1.82) is 0 Å². The van der Waals surface area contributed by atoms with E-state index in [1.54, 1.807) is 61.5 Å². The molecule has 8 heteroatoms. The molecule has 0 heterocycles. The van der Waals surface area contributed by atoms with Crippen molar-refractivity contribution in [3.05, 3.63) is 101 Å². The summed E-state index contributed by atoms with van der Waals surface area (Å²) in [5.74, 6) is -0.288. The van der Waals surface area contributed by atoms with E-state index in [1.165, 1.54) is 4.31 Å². The van der Waals surface area contributed by atoms with E-state index in [1.807, 2.05) is 24.3 Å². The number of aliphatic hydroxyl groups is 1. The summed E-state index contributed by atoms with van der Waals surface area (Å²) in [6.45, 7) is 2.29. The van der Waals surface area contributed by atoms with Gasteiger partial charge in [0.2, 0.25) is 10.0 Å². The predicted molar refractivity (Wildman–Crippen MR) is 134 cm³/mol. The van der Waals surface area contributed by atoms with Crippen LogP contribution in [0.3, 0.4) is 0 Å². The Morgan fingerprint density at radius 1 is 0.971 bits per heavy atom. The predicted octanol–water partition coefficient (Wildman–Crippen LogP) is 4.27. The van der Waals surface area contributed by atoms with Crippen molar-refractivity contribution in [1.82, 2.24) is 9.62 Å². The highest BCUT2D eigenvalue weighted by Gasteiger charge is 2.24. The zero-order valence-corrected chi connectivity index (χ0v) is 20.6. The standard InChI is InChI=1S/C26H29ClN2O4S/c1-20(30)18-28-26(31)23-13-9-22(10-14-23)19-29(34(32,33)25-7-3-2-4-8-25)17-5-6-21-11-15-24(27)16-12-21/h2-4,7-16,20,30H,5-6,17-19H2,1H3,(H,28,31)/t20-/m0/s1. The summed E-state index contributed by atoms with van der Waals surface area (Å²) in [7, 11) is -3.70. The molecule has 0 spiro atoms. The first-order chi connectivity index (χ1) is 16.3. The Labute approximate surface area is 206 Å². The van der Waals surface area contributed by atoms with Gasteiger partial charge in [-0.15, -0.1) is 0 Å². The van der Waals surface area contributed by atoms with E-state index in [0.29, 0.717) is 23.6 Å². The Hall–Kier alpha value is -2.71. The molecule has 1 amide bonds. The third kappa shape index (κ3) is 7.40. The van der Waals surface area contributed by atoms with Gasteiger partial charge in [0.15, 0.2) is 0 Å². The molecule has 0 unspecified atom stereocenters. The van der Waals surface area contributed by atoms with Crippen molar-refractivity contribution in [2.24, 2.45) is 0 Å². The number of sulfonamides is 1. The Morgan fingerprint density at radius 2 is 1.59 bits per heavy atom. The molecule has 0 saturated carbocycles. The van der Waals surface area contributed by atoms with Gasteiger partial charge in [-0.1, -0.05) is 54.1 Å². The summed E-state index contributed by atoms with van der Waals surface area (Å²) in [6, 6.07) is 22.8. The maximum absolute atomic E-state index is 13.4. The first-order valence-corrected chi connectivity index (χ1v) is 12.9. The largest absolute Gasteiger partial charge is 0.392 e. The van der Waals surface area contributed by atoms with E-state index in [-0.39, 0.29) is 23.9 Å². The molecular weight excluding hydrogens is 472 g/mol. The molecule has 1 atom stereocenters. The minimum atomic E-state index is -3.70. The number of aliphatic hydroxyl groups excluding tert-OH is 1. The second kappa shape index (κ2) is 12.1. The number of nitrogens with one attached hydrogen (secondary N) is 1. The van der Waals surface area contributed by atoms with Crippen LogP contribution in [0.1, 0.15) is 34.8 Å². The molecule has 0 fully saturated rings. The third-order valence-electron chi connectivity index (χ3n) is 5.30. The lowest BCUT2D eigenvalue weighted by atomic mass is 10.1. The number of nitrogens with zero attached hydrogens (tertiary/aromatic N) is 1. The molecule has 2 N–H and O–H groups in total. The van der Waals surface area contributed by atoms with Crippen molar-refractivity contribution in [3.8, 4) is 0 Å². The monoisotopic (exact) mass is 500 g/mol. The van der Waals surface area contributed by atoms with E-state index in [9.17, 15) is 18.3 Å². The Balaban J connectivity index is 1.74. The third-order valence-corrected chi connectivity index (χ3v) is 7.41. The molecule has 0 aliphatic rings. The van der Waals surface area contributed by atoms with Crippen molar-refractivity contribution < 1.29 is 18.3 Å².